The molecule has 1 heterocycles. The summed E-state index contributed by atoms with van der Waals surface area (Å²) in [6, 6.07) is 1.52. The quantitative estimate of drug-likeness (QED) is 0.560. The van der Waals surface area contributed by atoms with E-state index in [0.717, 1.165) is 0 Å². The maximum absolute atomic E-state index is 13.1. The summed E-state index contributed by atoms with van der Waals surface area (Å²) >= 11 is 5.52. The minimum atomic E-state index is -0.720. The lowest BCUT2D eigenvalue weighted by Gasteiger charge is -2.08. The van der Waals surface area contributed by atoms with Crippen molar-refractivity contribution in [1.82, 2.24) is 4.98 Å². The molecule has 0 fully saturated rings. The molecule has 0 aliphatic carbocycles. The Hall–Kier alpha value is -0.870. The molecule has 0 amide bonds. The van der Waals surface area contributed by atoms with Crippen LogP contribution in [0.5, 0.6) is 5.75 Å². The number of methoxy groups -OCH3 is 1. The first kappa shape index (κ1) is 10.2. The highest BCUT2D eigenvalue weighted by atomic mass is 35.5. The summed E-state index contributed by atoms with van der Waals surface area (Å²) in [5, 5.41) is 0.111. The second-order valence-corrected chi connectivity index (χ2v) is 2.82. The number of hydrogen-bond acceptors (Lipinski definition) is 3. The fourth-order valence-electron chi connectivity index (χ4n) is 0.875. The number of rotatable bonds is 3. The predicted molar refractivity (Wildman–Crippen MR) is 46.4 cm³/mol. The number of pyridine rings is 1. The highest BCUT2D eigenvalue weighted by Crippen LogP contribution is 2.23. The van der Waals surface area contributed by atoms with Gasteiger partial charge in [0, 0.05) is 7.11 Å². The van der Waals surface area contributed by atoms with Crippen LogP contribution in [0.3, 0.4) is 0 Å². The van der Waals surface area contributed by atoms with Crippen LogP contribution in [0.1, 0.15) is 5.56 Å². The van der Waals surface area contributed by atoms with Crippen LogP contribution in [0.25, 0.3) is 0 Å². The van der Waals surface area contributed by atoms with Crippen LogP contribution in [0, 0.1) is 12.9 Å². The molecule has 0 aromatic carbocycles. The van der Waals surface area contributed by atoms with Crippen LogP contribution in [0.4, 0.5) is 4.39 Å². The fraction of sp³-hybridized carbons (Fsp3) is 0.375. The standard InChI is InChI=1S/C8H9ClFNO2/c1-5-3-6(9)11-8(10)7(5)13-4-12-2/h3H,4H2,1-2H3. The third kappa shape index (κ3) is 2.54. The Morgan fingerprint density at radius 3 is 2.85 bits per heavy atom. The summed E-state index contributed by atoms with van der Waals surface area (Å²) in [7, 11) is 1.45. The molecule has 0 aliphatic rings. The maximum atomic E-state index is 13.1. The number of halogens is 2. The molecule has 0 aliphatic heterocycles. The summed E-state index contributed by atoms with van der Waals surface area (Å²) < 4.78 is 22.6. The van der Waals surface area contributed by atoms with Crippen molar-refractivity contribution < 1.29 is 13.9 Å². The van der Waals surface area contributed by atoms with Gasteiger partial charge in [0.1, 0.15) is 5.15 Å². The van der Waals surface area contributed by atoms with Gasteiger partial charge in [-0.1, -0.05) is 11.6 Å². The largest absolute Gasteiger partial charge is 0.462 e. The maximum Gasteiger partial charge on any atom is 0.257 e. The highest BCUT2D eigenvalue weighted by Gasteiger charge is 2.09. The first-order chi connectivity index (χ1) is 6.15. The molecule has 0 atom stereocenters. The lowest BCUT2D eigenvalue weighted by atomic mass is 10.3. The van der Waals surface area contributed by atoms with Crippen LogP contribution in [0.15, 0.2) is 6.07 Å². The Labute approximate surface area is 80.4 Å². The molecule has 0 unspecified atom stereocenters. The zero-order valence-corrected chi connectivity index (χ0v) is 8.06. The van der Waals surface area contributed by atoms with E-state index in [4.69, 9.17) is 16.3 Å². The van der Waals surface area contributed by atoms with Crippen molar-refractivity contribution >= 4 is 11.6 Å². The topological polar surface area (TPSA) is 31.4 Å². The van der Waals surface area contributed by atoms with Crippen molar-refractivity contribution in [2.75, 3.05) is 13.9 Å². The van der Waals surface area contributed by atoms with E-state index in [1.54, 1.807) is 6.92 Å². The van der Waals surface area contributed by atoms with Gasteiger partial charge in [-0.25, -0.2) is 4.98 Å². The number of ether oxygens (including phenoxy) is 2. The molecule has 1 rings (SSSR count). The van der Waals surface area contributed by atoms with Gasteiger partial charge in [0.25, 0.3) is 5.95 Å². The van der Waals surface area contributed by atoms with Crippen molar-refractivity contribution in [2.45, 2.75) is 6.92 Å². The molecule has 3 nitrogen and oxygen atoms in total. The molecule has 1 aromatic heterocycles. The van der Waals surface area contributed by atoms with Gasteiger partial charge >= 0.3 is 0 Å². The number of aromatic nitrogens is 1. The van der Waals surface area contributed by atoms with Gasteiger partial charge < -0.3 is 9.47 Å². The van der Waals surface area contributed by atoms with Gasteiger partial charge in [-0.2, -0.15) is 4.39 Å². The molecule has 0 bridgehead atoms. The minimum absolute atomic E-state index is 0.0128. The van der Waals surface area contributed by atoms with E-state index in [1.807, 2.05) is 0 Å². The molecule has 0 radical (unpaired) electrons. The first-order valence-electron chi connectivity index (χ1n) is 3.59. The second-order valence-electron chi connectivity index (χ2n) is 2.43. The molecule has 0 saturated carbocycles. The third-order valence-corrected chi connectivity index (χ3v) is 1.60. The van der Waals surface area contributed by atoms with Crippen LogP contribution in [-0.2, 0) is 4.74 Å². The van der Waals surface area contributed by atoms with E-state index in [2.05, 4.69) is 9.72 Å². The molecule has 13 heavy (non-hydrogen) atoms. The SMILES string of the molecule is COCOc1c(C)cc(Cl)nc1F. The zero-order valence-electron chi connectivity index (χ0n) is 7.30. The van der Waals surface area contributed by atoms with E-state index >= 15 is 0 Å². The third-order valence-electron chi connectivity index (χ3n) is 1.41. The Balaban J connectivity index is 2.92. The predicted octanol–water partition coefficient (Wildman–Crippen LogP) is 2.17. The minimum Gasteiger partial charge on any atom is -0.462 e. The fourth-order valence-corrected chi connectivity index (χ4v) is 1.11. The number of aryl methyl sites for hydroxylation is 1. The monoisotopic (exact) mass is 205 g/mol. The molecule has 1 aromatic rings. The van der Waals surface area contributed by atoms with Crippen LogP contribution in [0.2, 0.25) is 5.15 Å². The van der Waals surface area contributed by atoms with Gasteiger partial charge in [0.2, 0.25) is 0 Å². The zero-order chi connectivity index (χ0) is 9.84. The van der Waals surface area contributed by atoms with E-state index in [9.17, 15) is 4.39 Å². The van der Waals surface area contributed by atoms with E-state index < -0.39 is 5.95 Å². The van der Waals surface area contributed by atoms with Crippen LogP contribution in [-0.4, -0.2) is 18.9 Å². The van der Waals surface area contributed by atoms with Gasteiger partial charge in [0.15, 0.2) is 12.5 Å². The summed E-state index contributed by atoms with van der Waals surface area (Å²) in [5.41, 5.74) is 0.592. The van der Waals surface area contributed by atoms with Crippen LogP contribution >= 0.6 is 11.6 Å². The summed E-state index contributed by atoms with van der Waals surface area (Å²) in [6.07, 6.45) is 0. The van der Waals surface area contributed by atoms with Crippen molar-refractivity contribution in [3.63, 3.8) is 0 Å². The van der Waals surface area contributed by atoms with E-state index in [-0.39, 0.29) is 17.7 Å². The van der Waals surface area contributed by atoms with Crippen LogP contribution < -0.4 is 4.74 Å². The van der Waals surface area contributed by atoms with Crippen molar-refractivity contribution in [3.8, 4) is 5.75 Å². The molecular formula is C8H9ClFNO2. The van der Waals surface area contributed by atoms with Crippen molar-refractivity contribution in [3.05, 3.63) is 22.7 Å². The second kappa shape index (κ2) is 4.39. The van der Waals surface area contributed by atoms with Gasteiger partial charge in [-0.05, 0) is 18.6 Å². The molecule has 0 N–H and O–H groups in total. The smallest absolute Gasteiger partial charge is 0.257 e. The lowest BCUT2D eigenvalue weighted by Crippen LogP contribution is -2.03. The summed E-state index contributed by atoms with van der Waals surface area (Å²) in [5.74, 6) is -0.645. The average Bonchev–Trinajstić information content (AvgIpc) is 2.02. The molecule has 0 spiro atoms. The number of hydrogen-bond donors (Lipinski definition) is 0. The Morgan fingerprint density at radius 1 is 1.62 bits per heavy atom. The van der Waals surface area contributed by atoms with E-state index in [1.165, 1.54) is 13.2 Å². The Morgan fingerprint density at radius 2 is 2.31 bits per heavy atom. The van der Waals surface area contributed by atoms with Gasteiger partial charge in [-0.15, -0.1) is 0 Å². The van der Waals surface area contributed by atoms with Gasteiger partial charge in [-0.3, -0.25) is 0 Å². The summed E-state index contributed by atoms with van der Waals surface area (Å²) in [6.45, 7) is 1.67. The van der Waals surface area contributed by atoms with Gasteiger partial charge in [0.05, 0.1) is 0 Å². The van der Waals surface area contributed by atoms with Crippen molar-refractivity contribution in [2.24, 2.45) is 0 Å². The Bertz CT molecular complexity index is 283. The normalized spacial score (nSPS) is 10.2. The Kier molecular flexibility index (Phi) is 3.45. The molecule has 5 heteroatoms. The molecule has 0 saturated heterocycles. The summed E-state index contributed by atoms with van der Waals surface area (Å²) in [4.78, 5) is 3.41. The number of nitrogens with zero attached hydrogens (tertiary/aromatic N) is 1. The van der Waals surface area contributed by atoms with E-state index in [0.29, 0.717) is 5.56 Å². The van der Waals surface area contributed by atoms with Crippen molar-refractivity contribution in [1.29, 1.82) is 0 Å². The lowest BCUT2D eigenvalue weighted by molar-refractivity contribution is 0.0471. The first-order valence-corrected chi connectivity index (χ1v) is 3.97. The highest BCUT2D eigenvalue weighted by molar-refractivity contribution is 6.29. The average molecular weight is 206 g/mol. The molecule has 72 valence electrons. The molecular weight excluding hydrogens is 197 g/mol.